The van der Waals surface area contributed by atoms with Crippen molar-refractivity contribution in [3.63, 3.8) is 0 Å². The summed E-state index contributed by atoms with van der Waals surface area (Å²) >= 11 is 1.75. The standard InChI is InChI=1S/C12H22N2OS/c1-10(2)7-13-8-11-9-16-12(14-11)5-4-6-15-3/h9-10,13H,4-8H2,1-3H3. The minimum absolute atomic E-state index is 0.694. The molecule has 0 saturated heterocycles. The van der Waals surface area contributed by atoms with Crippen molar-refractivity contribution in [1.29, 1.82) is 0 Å². The molecule has 1 aromatic rings. The van der Waals surface area contributed by atoms with Gasteiger partial charge in [0, 0.05) is 32.1 Å². The van der Waals surface area contributed by atoms with Gasteiger partial charge in [0.15, 0.2) is 0 Å². The number of methoxy groups -OCH3 is 1. The van der Waals surface area contributed by atoms with Crippen molar-refractivity contribution in [2.75, 3.05) is 20.3 Å². The van der Waals surface area contributed by atoms with Crippen LogP contribution in [0.2, 0.25) is 0 Å². The Hall–Kier alpha value is -0.450. The summed E-state index contributed by atoms with van der Waals surface area (Å²) in [4.78, 5) is 4.58. The number of aryl methyl sites for hydroxylation is 1. The molecule has 1 aromatic heterocycles. The van der Waals surface area contributed by atoms with Crippen LogP contribution in [0.15, 0.2) is 5.38 Å². The molecule has 1 heterocycles. The van der Waals surface area contributed by atoms with E-state index in [-0.39, 0.29) is 0 Å². The van der Waals surface area contributed by atoms with E-state index in [1.807, 2.05) is 0 Å². The first-order valence-corrected chi connectivity index (χ1v) is 6.73. The molecule has 0 bridgehead atoms. The lowest BCUT2D eigenvalue weighted by Gasteiger charge is -2.04. The number of thiazole rings is 1. The first-order valence-electron chi connectivity index (χ1n) is 5.85. The highest BCUT2D eigenvalue weighted by Gasteiger charge is 2.02. The molecule has 0 radical (unpaired) electrons. The zero-order chi connectivity index (χ0) is 11.8. The van der Waals surface area contributed by atoms with Crippen LogP contribution in [-0.2, 0) is 17.7 Å². The summed E-state index contributed by atoms with van der Waals surface area (Å²) in [6.07, 6.45) is 2.09. The van der Waals surface area contributed by atoms with Crippen LogP contribution in [0.4, 0.5) is 0 Å². The van der Waals surface area contributed by atoms with E-state index < -0.39 is 0 Å². The molecule has 92 valence electrons. The highest BCUT2D eigenvalue weighted by Crippen LogP contribution is 2.11. The fourth-order valence-corrected chi connectivity index (χ4v) is 2.24. The highest BCUT2D eigenvalue weighted by atomic mass is 32.1. The lowest BCUT2D eigenvalue weighted by atomic mass is 10.2. The van der Waals surface area contributed by atoms with Crippen molar-refractivity contribution in [3.8, 4) is 0 Å². The Morgan fingerprint density at radius 3 is 3.00 bits per heavy atom. The maximum absolute atomic E-state index is 5.03. The van der Waals surface area contributed by atoms with Crippen molar-refractivity contribution in [2.24, 2.45) is 5.92 Å². The van der Waals surface area contributed by atoms with Crippen LogP contribution >= 0.6 is 11.3 Å². The molecule has 4 heteroatoms. The third-order valence-electron chi connectivity index (χ3n) is 2.20. The topological polar surface area (TPSA) is 34.1 Å². The van der Waals surface area contributed by atoms with Gasteiger partial charge in [-0.15, -0.1) is 11.3 Å². The van der Waals surface area contributed by atoms with E-state index in [1.54, 1.807) is 18.4 Å². The highest BCUT2D eigenvalue weighted by molar-refractivity contribution is 7.09. The summed E-state index contributed by atoms with van der Waals surface area (Å²) in [5.74, 6) is 0.694. The van der Waals surface area contributed by atoms with Crippen molar-refractivity contribution in [1.82, 2.24) is 10.3 Å². The minimum Gasteiger partial charge on any atom is -0.385 e. The Kier molecular flexibility index (Phi) is 6.61. The van der Waals surface area contributed by atoms with Crippen LogP contribution in [-0.4, -0.2) is 25.2 Å². The number of nitrogens with one attached hydrogen (secondary N) is 1. The molecule has 0 aromatic carbocycles. The van der Waals surface area contributed by atoms with Crippen LogP contribution < -0.4 is 5.32 Å². The third-order valence-corrected chi connectivity index (χ3v) is 3.15. The van der Waals surface area contributed by atoms with Gasteiger partial charge in [0.05, 0.1) is 10.7 Å². The van der Waals surface area contributed by atoms with E-state index in [0.29, 0.717) is 5.92 Å². The van der Waals surface area contributed by atoms with Crippen LogP contribution in [0, 0.1) is 5.92 Å². The monoisotopic (exact) mass is 242 g/mol. The van der Waals surface area contributed by atoms with Gasteiger partial charge in [0.25, 0.3) is 0 Å². The minimum atomic E-state index is 0.694. The van der Waals surface area contributed by atoms with Crippen LogP contribution in [0.1, 0.15) is 31.0 Å². The van der Waals surface area contributed by atoms with Crippen LogP contribution in [0.3, 0.4) is 0 Å². The largest absolute Gasteiger partial charge is 0.385 e. The van der Waals surface area contributed by atoms with Crippen molar-refractivity contribution >= 4 is 11.3 Å². The maximum Gasteiger partial charge on any atom is 0.0929 e. The quantitative estimate of drug-likeness (QED) is 0.711. The van der Waals surface area contributed by atoms with Crippen LogP contribution in [0.25, 0.3) is 0 Å². The molecule has 0 saturated carbocycles. The summed E-state index contributed by atoms with van der Waals surface area (Å²) in [5, 5.41) is 6.77. The molecular weight excluding hydrogens is 220 g/mol. The van der Waals surface area contributed by atoms with Gasteiger partial charge in [-0.1, -0.05) is 13.8 Å². The summed E-state index contributed by atoms with van der Waals surface area (Å²) in [6, 6.07) is 0. The number of hydrogen-bond acceptors (Lipinski definition) is 4. The Bertz CT molecular complexity index is 286. The molecular formula is C12H22N2OS. The fourth-order valence-electron chi connectivity index (χ4n) is 1.40. The van der Waals surface area contributed by atoms with E-state index in [0.717, 1.165) is 38.2 Å². The van der Waals surface area contributed by atoms with Gasteiger partial charge in [-0.3, -0.25) is 0 Å². The predicted octanol–water partition coefficient (Wildman–Crippen LogP) is 2.47. The molecule has 0 aliphatic heterocycles. The van der Waals surface area contributed by atoms with E-state index in [2.05, 4.69) is 29.5 Å². The number of hydrogen-bond donors (Lipinski definition) is 1. The van der Waals surface area contributed by atoms with Gasteiger partial charge in [0.2, 0.25) is 0 Å². The SMILES string of the molecule is COCCCc1nc(CNCC(C)C)cs1. The number of rotatable bonds is 8. The van der Waals surface area contributed by atoms with Gasteiger partial charge in [0.1, 0.15) is 0 Å². The third kappa shape index (κ3) is 5.58. The van der Waals surface area contributed by atoms with E-state index in [4.69, 9.17) is 4.74 Å². The van der Waals surface area contributed by atoms with Gasteiger partial charge in [-0.05, 0) is 18.9 Å². The summed E-state index contributed by atoms with van der Waals surface area (Å²) in [7, 11) is 1.74. The Morgan fingerprint density at radius 1 is 1.50 bits per heavy atom. The van der Waals surface area contributed by atoms with Crippen LogP contribution in [0.5, 0.6) is 0 Å². The van der Waals surface area contributed by atoms with Crippen molar-refractivity contribution < 1.29 is 4.74 Å². The van der Waals surface area contributed by atoms with Gasteiger partial charge < -0.3 is 10.1 Å². The van der Waals surface area contributed by atoms with E-state index >= 15 is 0 Å². The number of aromatic nitrogens is 1. The van der Waals surface area contributed by atoms with E-state index in [1.165, 1.54) is 5.01 Å². The average molecular weight is 242 g/mol. The molecule has 0 fully saturated rings. The fraction of sp³-hybridized carbons (Fsp3) is 0.750. The number of nitrogens with zero attached hydrogens (tertiary/aromatic N) is 1. The lowest BCUT2D eigenvalue weighted by molar-refractivity contribution is 0.195. The van der Waals surface area contributed by atoms with Gasteiger partial charge >= 0.3 is 0 Å². The molecule has 0 spiro atoms. The molecule has 16 heavy (non-hydrogen) atoms. The lowest BCUT2D eigenvalue weighted by Crippen LogP contribution is -2.19. The second-order valence-electron chi connectivity index (χ2n) is 4.35. The molecule has 1 rings (SSSR count). The molecule has 0 aliphatic carbocycles. The second-order valence-corrected chi connectivity index (χ2v) is 5.30. The molecule has 0 amide bonds. The molecule has 3 nitrogen and oxygen atoms in total. The Balaban J connectivity index is 2.22. The van der Waals surface area contributed by atoms with E-state index in [9.17, 15) is 0 Å². The second kappa shape index (κ2) is 7.76. The predicted molar refractivity (Wildman–Crippen MR) is 68.9 cm³/mol. The zero-order valence-corrected chi connectivity index (χ0v) is 11.3. The van der Waals surface area contributed by atoms with Crippen molar-refractivity contribution in [3.05, 3.63) is 16.1 Å². The maximum atomic E-state index is 5.03. The molecule has 1 N–H and O–H groups in total. The Labute approximate surface area is 102 Å². The summed E-state index contributed by atoms with van der Waals surface area (Å²) in [5.41, 5.74) is 1.16. The zero-order valence-electron chi connectivity index (χ0n) is 10.5. The Morgan fingerprint density at radius 2 is 2.31 bits per heavy atom. The molecule has 0 atom stereocenters. The summed E-state index contributed by atoms with van der Waals surface area (Å²) < 4.78 is 5.03. The van der Waals surface area contributed by atoms with Gasteiger partial charge in [-0.25, -0.2) is 4.98 Å². The number of ether oxygens (including phenoxy) is 1. The molecule has 0 aliphatic rings. The van der Waals surface area contributed by atoms with Crippen molar-refractivity contribution in [2.45, 2.75) is 33.2 Å². The smallest absolute Gasteiger partial charge is 0.0929 e. The first kappa shape index (κ1) is 13.6. The normalized spacial score (nSPS) is 11.2. The first-order chi connectivity index (χ1) is 7.72. The molecule has 0 unspecified atom stereocenters. The average Bonchev–Trinajstić information content (AvgIpc) is 2.66. The van der Waals surface area contributed by atoms with Gasteiger partial charge in [-0.2, -0.15) is 0 Å². The summed E-state index contributed by atoms with van der Waals surface area (Å²) in [6.45, 7) is 7.18.